The van der Waals surface area contributed by atoms with Gasteiger partial charge in [0.2, 0.25) is 0 Å². The molecule has 0 aliphatic carbocycles. The molecule has 0 fully saturated rings. The minimum Gasteiger partial charge on any atom is -0.391 e. The highest BCUT2D eigenvalue weighted by atomic mass is 19.1. The molecule has 118 valence electrons. The average Bonchev–Trinajstić information content (AvgIpc) is 2.51. The SMILES string of the molecule is Cc1ccn2c(=O)c(CO)c(Nc3ccc(F)c(C)c3)nc2c1. The van der Waals surface area contributed by atoms with E-state index in [9.17, 15) is 14.3 Å². The lowest BCUT2D eigenvalue weighted by Gasteiger charge is -2.12. The van der Waals surface area contributed by atoms with Gasteiger partial charge in [-0.1, -0.05) is 0 Å². The molecule has 2 N–H and O–H groups in total. The standard InChI is InChI=1S/C17H16FN3O2/c1-10-5-6-21-15(7-10)20-16(13(9-22)17(21)23)19-12-3-4-14(18)11(2)8-12/h3-8,19,22H,9H2,1-2H3. The van der Waals surface area contributed by atoms with Crippen molar-refractivity contribution in [2.24, 2.45) is 0 Å². The van der Waals surface area contributed by atoms with Gasteiger partial charge in [-0.2, -0.15) is 0 Å². The number of hydrogen-bond donors (Lipinski definition) is 2. The zero-order chi connectivity index (χ0) is 16.6. The fourth-order valence-electron chi connectivity index (χ4n) is 2.38. The molecular weight excluding hydrogens is 297 g/mol. The van der Waals surface area contributed by atoms with Gasteiger partial charge < -0.3 is 10.4 Å². The van der Waals surface area contributed by atoms with Gasteiger partial charge >= 0.3 is 0 Å². The molecule has 0 amide bonds. The maximum atomic E-state index is 13.4. The number of nitrogens with zero attached hydrogens (tertiary/aromatic N) is 2. The van der Waals surface area contributed by atoms with Crippen LogP contribution >= 0.6 is 0 Å². The summed E-state index contributed by atoms with van der Waals surface area (Å²) in [6.45, 7) is 3.12. The number of fused-ring (bicyclic) bond motifs is 1. The summed E-state index contributed by atoms with van der Waals surface area (Å²) in [4.78, 5) is 16.9. The highest BCUT2D eigenvalue weighted by Gasteiger charge is 2.13. The van der Waals surface area contributed by atoms with E-state index in [1.165, 1.54) is 10.5 Å². The van der Waals surface area contributed by atoms with Crippen molar-refractivity contribution in [3.63, 3.8) is 0 Å². The first-order valence-electron chi connectivity index (χ1n) is 7.15. The van der Waals surface area contributed by atoms with Gasteiger partial charge in [0.1, 0.15) is 17.3 Å². The molecule has 0 saturated heterocycles. The number of pyridine rings is 1. The van der Waals surface area contributed by atoms with Gasteiger partial charge in [-0.15, -0.1) is 0 Å². The van der Waals surface area contributed by atoms with E-state index in [0.717, 1.165) is 5.56 Å². The minimum atomic E-state index is -0.439. The van der Waals surface area contributed by atoms with Crippen LogP contribution in [0.2, 0.25) is 0 Å². The molecule has 0 aliphatic rings. The lowest BCUT2D eigenvalue weighted by Crippen LogP contribution is -2.22. The van der Waals surface area contributed by atoms with Crippen molar-refractivity contribution in [1.82, 2.24) is 9.38 Å². The number of rotatable bonds is 3. The summed E-state index contributed by atoms with van der Waals surface area (Å²) in [7, 11) is 0. The Morgan fingerprint density at radius 3 is 2.74 bits per heavy atom. The van der Waals surface area contributed by atoms with Crippen LogP contribution in [0.15, 0.2) is 41.3 Å². The van der Waals surface area contributed by atoms with Crippen molar-refractivity contribution in [3.8, 4) is 0 Å². The lowest BCUT2D eigenvalue weighted by molar-refractivity contribution is 0.280. The zero-order valence-electron chi connectivity index (χ0n) is 12.8. The highest BCUT2D eigenvalue weighted by molar-refractivity contribution is 5.62. The second-order valence-electron chi connectivity index (χ2n) is 5.42. The summed E-state index contributed by atoms with van der Waals surface area (Å²) in [5, 5.41) is 12.5. The predicted molar refractivity (Wildman–Crippen MR) is 86.5 cm³/mol. The number of aliphatic hydroxyl groups excluding tert-OH is 1. The maximum absolute atomic E-state index is 13.4. The van der Waals surface area contributed by atoms with Crippen molar-refractivity contribution in [2.75, 3.05) is 5.32 Å². The molecule has 0 radical (unpaired) electrons. The van der Waals surface area contributed by atoms with Gasteiger partial charge in [0, 0.05) is 11.9 Å². The van der Waals surface area contributed by atoms with Crippen LogP contribution in [0, 0.1) is 19.7 Å². The van der Waals surface area contributed by atoms with Crippen LogP contribution in [0.3, 0.4) is 0 Å². The van der Waals surface area contributed by atoms with E-state index in [1.807, 2.05) is 6.92 Å². The number of anilines is 2. The number of aryl methyl sites for hydroxylation is 2. The van der Waals surface area contributed by atoms with Crippen molar-refractivity contribution in [1.29, 1.82) is 0 Å². The number of benzene rings is 1. The van der Waals surface area contributed by atoms with Crippen LogP contribution in [-0.2, 0) is 6.61 Å². The fourth-order valence-corrected chi connectivity index (χ4v) is 2.38. The quantitative estimate of drug-likeness (QED) is 0.780. The van der Waals surface area contributed by atoms with Gasteiger partial charge in [0.15, 0.2) is 0 Å². The topological polar surface area (TPSA) is 66.6 Å². The summed E-state index contributed by atoms with van der Waals surface area (Å²) in [5.41, 5.74) is 2.36. The molecule has 1 aromatic carbocycles. The van der Waals surface area contributed by atoms with Crippen LogP contribution in [-0.4, -0.2) is 14.5 Å². The number of aromatic nitrogens is 2. The van der Waals surface area contributed by atoms with E-state index in [4.69, 9.17) is 0 Å². The van der Waals surface area contributed by atoms with Crippen LogP contribution in [0.5, 0.6) is 0 Å². The molecule has 3 rings (SSSR count). The summed E-state index contributed by atoms with van der Waals surface area (Å²) >= 11 is 0. The third-order valence-electron chi connectivity index (χ3n) is 3.66. The highest BCUT2D eigenvalue weighted by Crippen LogP contribution is 2.20. The van der Waals surface area contributed by atoms with Gasteiger partial charge in [-0.25, -0.2) is 9.37 Å². The smallest absolute Gasteiger partial charge is 0.265 e. The molecule has 0 atom stereocenters. The Balaban J connectivity index is 2.15. The molecule has 0 bridgehead atoms. The van der Waals surface area contributed by atoms with Crippen molar-refractivity contribution < 1.29 is 9.50 Å². The van der Waals surface area contributed by atoms with E-state index in [-0.39, 0.29) is 22.8 Å². The summed E-state index contributed by atoms with van der Waals surface area (Å²) in [6.07, 6.45) is 1.63. The molecule has 2 aromatic heterocycles. The Hall–Kier alpha value is -2.73. The fraction of sp³-hybridized carbons (Fsp3) is 0.176. The molecule has 0 aliphatic heterocycles. The van der Waals surface area contributed by atoms with Crippen LogP contribution in [0.1, 0.15) is 16.7 Å². The van der Waals surface area contributed by atoms with Crippen LogP contribution in [0.25, 0.3) is 5.65 Å². The molecule has 0 spiro atoms. The van der Waals surface area contributed by atoms with Gasteiger partial charge in [0.05, 0.1) is 12.2 Å². The monoisotopic (exact) mass is 313 g/mol. The minimum absolute atomic E-state index is 0.160. The second-order valence-corrected chi connectivity index (χ2v) is 5.42. The molecule has 2 heterocycles. The van der Waals surface area contributed by atoms with Gasteiger partial charge in [0.25, 0.3) is 5.56 Å². The Morgan fingerprint density at radius 2 is 2.04 bits per heavy atom. The van der Waals surface area contributed by atoms with E-state index >= 15 is 0 Å². The van der Waals surface area contributed by atoms with Gasteiger partial charge in [-0.05, 0) is 55.3 Å². The molecule has 23 heavy (non-hydrogen) atoms. The van der Waals surface area contributed by atoms with Crippen molar-refractivity contribution in [3.05, 3.63) is 69.4 Å². The largest absolute Gasteiger partial charge is 0.391 e. The van der Waals surface area contributed by atoms with E-state index < -0.39 is 6.61 Å². The molecule has 3 aromatic rings. The number of aliphatic hydroxyl groups is 1. The molecule has 0 saturated carbocycles. The third kappa shape index (κ3) is 2.80. The molecule has 0 unspecified atom stereocenters. The van der Waals surface area contributed by atoms with Crippen molar-refractivity contribution >= 4 is 17.2 Å². The first-order chi connectivity index (χ1) is 11.0. The Bertz CT molecular complexity index is 950. The van der Waals surface area contributed by atoms with Gasteiger partial charge in [-0.3, -0.25) is 9.20 Å². The average molecular weight is 313 g/mol. The van der Waals surface area contributed by atoms with Crippen molar-refractivity contribution in [2.45, 2.75) is 20.5 Å². The lowest BCUT2D eigenvalue weighted by atomic mass is 10.2. The number of hydrogen-bond acceptors (Lipinski definition) is 4. The predicted octanol–water partition coefficient (Wildman–Crippen LogP) is 2.69. The number of halogens is 1. The van der Waals surface area contributed by atoms with E-state index in [1.54, 1.807) is 37.4 Å². The Labute approximate surface area is 132 Å². The van der Waals surface area contributed by atoms with Crippen LogP contribution < -0.4 is 10.9 Å². The normalized spacial score (nSPS) is 11.0. The first kappa shape index (κ1) is 15.2. The van der Waals surface area contributed by atoms with E-state index in [0.29, 0.717) is 16.9 Å². The summed E-state index contributed by atoms with van der Waals surface area (Å²) in [6, 6.07) is 8.10. The molecule has 5 nitrogen and oxygen atoms in total. The summed E-state index contributed by atoms with van der Waals surface area (Å²) < 4.78 is 14.8. The zero-order valence-corrected chi connectivity index (χ0v) is 12.8. The second kappa shape index (κ2) is 5.81. The molecular formula is C17H16FN3O2. The first-order valence-corrected chi connectivity index (χ1v) is 7.15. The van der Waals surface area contributed by atoms with E-state index in [2.05, 4.69) is 10.3 Å². The molecule has 6 heteroatoms. The Kier molecular flexibility index (Phi) is 3.83. The number of nitrogens with one attached hydrogen (secondary N) is 1. The third-order valence-corrected chi connectivity index (χ3v) is 3.66. The maximum Gasteiger partial charge on any atom is 0.265 e. The Morgan fingerprint density at radius 1 is 1.26 bits per heavy atom. The van der Waals surface area contributed by atoms with Crippen LogP contribution in [0.4, 0.5) is 15.9 Å². The summed E-state index contributed by atoms with van der Waals surface area (Å²) in [5.74, 6) is -0.0331.